The number of carbonyl (C=O) groups excluding carboxylic acids is 1. The van der Waals surface area contributed by atoms with E-state index in [-0.39, 0.29) is 18.6 Å². The number of hydrogen-bond donors (Lipinski definition) is 1. The quantitative estimate of drug-likeness (QED) is 0.826. The molecule has 1 heterocycles. The number of carbonyl (C=O) groups is 1. The summed E-state index contributed by atoms with van der Waals surface area (Å²) in [5, 5.41) is 9.17. The fourth-order valence-corrected chi connectivity index (χ4v) is 2.23. The lowest BCUT2D eigenvalue weighted by Crippen LogP contribution is -2.41. The minimum absolute atomic E-state index is 0.0224. The molecule has 0 atom stereocenters. The lowest BCUT2D eigenvalue weighted by atomic mass is 10.1. The van der Waals surface area contributed by atoms with Crippen molar-refractivity contribution in [3.05, 3.63) is 23.9 Å². The van der Waals surface area contributed by atoms with E-state index in [0.717, 1.165) is 18.7 Å². The molecule has 0 aliphatic heterocycles. The van der Waals surface area contributed by atoms with Gasteiger partial charge in [0.15, 0.2) is 0 Å². The summed E-state index contributed by atoms with van der Waals surface area (Å²) in [7, 11) is 3.82. The molecule has 0 fully saturated rings. The molecular weight excluding hydrogens is 254 g/mol. The molecule has 0 saturated heterocycles. The summed E-state index contributed by atoms with van der Waals surface area (Å²) in [5.74, 6) is 0.753. The summed E-state index contributed by atoms with van der Waals surface area (Å²) in [6, 6.07) is 3.78. The molecule has 0 radical (unpaired) electrons. The van der Waals surface area contributed by atoms with Crippen LogP contribution in [-0.4, -0.2) is 54.2 Å². The highest BCUT2D eigenvalue weighted by Gasteiger charge is 2.22. The zero-order valence-corrected chi connectivity index (χ0v) is 12.8. The van der Waals surface area contributed by atoms with Gasteiger partial charge in [0.25, 0.3) is 5.91 Å². The number of aliphatic hydroxyl groups excluding tert-OH is 1. The van der Waals surface area contributed by atoms with Crippen molar-refractivity contribution in [3.63, 3.8) is 0 Å². The largest absolute Gasteiger partial charge is 0.395 e. The normalized spacial score (nSPS) is 10.7. The van der Waals surface area contributed by atoms with Crippen LogP contribution >= 0.6 is 0 Å². The monoisotopic (exact) mass is 279 g/mol. The lowest BCUT2D eigenvalue weighted by molar-refractivity contribution is 0.0622. The Balaban J connectivity index is 2.93. The van der Waals surface area contributed by atoms with E-state index < -0.39 is 0 Å². The maximum atomic E-state index is 12.5. The van der Waals surface area contributed by atoms with Crippen LogP contribution in [0.5, 0.6) is 0 Å². The molecule has 1 aromatic rings. The number of nitrogens with zero attached hydrogens (tertiary/aromatic N) is 3. The molecule has 0 aliphatic carbocycles. The van der Waals surface area contributed by atoms with Crippen LogP contribution < -0.4 is 4.90 Å². The maximum Gasteiger partial charge on any atom is 0.255 e. The average Bonchev–Trinajstić information content (AvgIpc) is 2.47. The van der Waals surface area contributed by atoms with Gasteiger partial charge in [0.2, 0.25) is 0 Å². The van der Waals surface area contributed by atoms with E-state index in [1.165, 1.54) is 0 Å². The van der Waals surface area contributed by atoms with Gasteiger partial charge in [-0.15, -0.1) is 0 Å². The maximum absolute atomic E-state index is 12.5. The zero-order valence-electron chi connectivity index (χ0n) is 12.8. The van der Waals surface area contributed by atoms with Gasteiger partial charge in [-0.05, 0) is 25.0 Å². The van der Waals surface area contributed by atoms with E-state index >= 15 is 0 Å². The molecule has 0 bridgehead atoms. The van der Waals surface area contributed by atoms with E-state index in [4.69, 9.17) is 0 Å². The van der Waals surface area contributed by atoms with Gasteiger partial charge < -0.3 is 14.9 Å². The SMILES string of the molecule is CCC(CC)N(CCO)C(=O)c1ccc(N(C)C)nc1. The van der Waals surface area contributed by atoms with Gasteiger partial charge in [0.1, 0.15) is 5.82 Å². The minimum atomic E-state index is -0.0643. The highest BCUT2D eigenvalue weighted by molar-refractivity contribution is 5.94. The first-order valence-corrected chi connectivity index (χ1v) is 7.10. The molecule has 20 heavy (non-hydrogen) atoms. The van der Waals surface area contributed by atoms with Crippen molar-refractivity contribution < 1.29 is 9.90 Å². The van der Waals surface area contributed by atoms with Gasteiger partial charge in [0.05, 0.1) is 12.2 Å². The number of rotatable bonds is 7. The molecule has 0 unspecified atom stereocenters. The summed E-state index contributed by atoms with van der Waals surface area (Å²) in [6.45, 7) is 4.45. The molecule has 1 rings (SSSR count). The van der Waals surface area contributed by atoms with Crippen molar-refractivity contribution >= 4 is 11.7 Å². The Labute approximate surface area is 121 Å². The minimum Gasteiger partial charge on any atom is -0.395 e. The summed E-state index contributed by atoms with van der Waals surface area (Å²) in [5.41, 5.74) is 0.566. The van der Waals surface area contributed by atoms with Crippen LogP contribution in [0.1, 0.15) is 37.0 Å². The highest BCUT2D eigenvalue weighted by atomic mass is 16.3. The second kappa shape index (κ2) is 7.85. The van der Waals surface area contributed by atoms with Crippen LogP contribution in [0, 0.1) is 0 Å². The second-order valence-electron chi connectivity index (χ2n) is 4.99. The Bertz CT molecular complexity index is 414. The Hall–Kier alpha value is -1.62. The topological polar surface area (TPSA) is 56.7 Å². The molecule has 112 valence electrons. The molecular formula is C15H25N3O2. The third-order valence-corrected chi connectivity index (χ3v) is 3.44. The summed E-state index contributed by atoms with van der Waals surface area (Å²) in [4.78, 5) is 20.4. The molecule has 1 aromatic heterocycles. The number of amides is 1. The first-order valence-electron chi connectivity index (χ1n) is 7.10. The molecule has 0 spiro atoms. The van der Waals surface area contributed by atoms with Crippen molar-refractivity contribution in [3.8, 4) is 0 Å². The van der Waals surface area contributed by atoms with Crippen LogP contribution in [0.15, 0.2) is 18.3 Å². The molecule has 5 nitrogen and oxygen atoms in total. The van der Waals surface area contributed by atoms with E-state index in [9.17, 15) is 9.90 Å². The number of anilines is 1. The average molecular weight is 279 g/mol. The van der Waals surface area contributed by atoms with E-state index in [1.807, 2.05) is 25.1 Å². The van der Waals surface area contributed by atoms with Crippen molar-refractivity contribution in [2.24, 2.45) is 0 Å². The van der Waals surface area contributed by atoms with Gasteiger partial charge in [-0.2, -0.15) is 0 Å². The first-order chi connectivity index (χ1) is 9.54. The number of pyridine rings is 1. The fraction of sp³-hybridized carbons (Fsp3) is 0.600. The standard InChI is InChI=1S/C15H25N3O2/c1-5-13(6-2)18(9-10-19)15(20)12-7-8-14(16-11-12)17(3)4/h7-8,11,13,19H,5-6,9-10H2,1-4H3. The van der Waals surface area contributed by atoms with Crippen LogP contribution in [-0.2, 0) is 0 Å². The van der Waals surface area contributed by atoms with Gasteiger partial charge in [-0.25, -0.2) is 4.98 Å². The molecule has 0 saturated carbocycles. The van der Waals surface area contributed by atoms with Crippen molar-refractivity contribution in [1.29, 1.82) is 0 Å². The van der Waals surface area contributed by atoms with E-state index in [0.29, 0.717) is 12.1 Å². The number of hydrogen-bond acceptors (Lipinski definition) is 4. The molecule has 0 aromatic carbocycles. The van der Waals surface area contributed by atoms with Crippen LogP contribution in [0.2, 0.25) is 0 Å². The lowest BCUT2D eigenvalue weighted by Gasteiger charge is -2.30. The van der Waals surface area contributed by atoms with Crippen LogP contribution in [0.25, 0.3) is 0 Å². The highest BCUT2D eigenvalue weighted by Crippen LogP contribution is 2.15. The van der Waals surface area contributed by atoms with Crippen LogP contribution in [0.4, 0.5) is 5.82 Å². The number of aromatic nitrogens is 1. The molecule has 1 amide bonds. The third-order valence-electron chi connectivity index (χ3n) is 3.44. The first kappa shape index (κ1) is 16.4. The Morgan fingerprint density at radius 3 is 2.35 bits per heavy atom. The summed E-state index contributed by atoms with van der Waals surface area (Å²) >= 11 is 0. The van der Waals surface area contributed by atoms with E-state index in [1.54, 1.807) is 17.2 Å². The van der Waals surface area contributed by atoms with Gasteiger partial charge in [-0.3, -0.25) is 4.79 Å². The molecule has 0 aliphatic rings. The van der Waals surface area contributed by atoms with Crippen LogP contribution in [0.3, 0.4) is 0 Å². The van der Waals surface area contributed by atoms with E-state index in [2.05, 4.69) is 18.8 Å². The summed E-state index contributed by atoms with van der Waals surface area (Å²) in [6.07, 6.45) is 3.36. The Kier molecular flexibility index (Phi) is 6.45. The smallest absolute Gasteiger partial charge is 0.255 e. The predicted molar refractivity (Wildman–Crippen MR) is 81.1 cm³/mol. The van der Waals surface area contributed by atoms with Gasteiger partial charge >= 0.3 is 0 Å². The molecule has 1 N–H and O–H groups in total. The van der Waals surface area contributed by atoms with Crippen molar-refractivity contribution in [1.82, 2.24) is 9.88 Å². The van der Waals surface area contributed by atoms with Crippen molar-refractivity contribution in [2.45, 2.75) is 32.7 Å². The third kappa shape index (κ3) is 3.93. The number of aliphatic hydroxyl groups is 1. The predicted octanol–water partition coefficient (Wildman–Crippen LogP) is 1.77. The van der Waals surface area contributed by atoms with Gasteiger partial charge in [-0.1, -0.05) is 13.8 Å². The zero-order chi connectivity index (χ0) is 15.1. The Morgan fingerprint density at radius 1 is 1.30 bits per heavy atom. The van der Waals surface area contributed by atoms with Gasteiger partial charge in [0, 0.05) is 32.9 Å². The Morgan fingerprint density at radius 2 is 1.95 bits per heavy atom. The second-order valence-corrected chi connectivity index (χ2v) is 4.99. The molecule has 5 heteroatoms. The van der Waals surface area contributed by atoms with Crippen molar-refractivity contribution in [2.75, 3.05) is 32.1 Å². The fourth-order valence-electron chi connectivity index (χ4n) is 2.23. The summed E-state index contributed by atoms with van der Waals surface area (Å²) < 4.78 is 0.